The van der Waals surface area contributed by atoms with Gasteiger partial charge in [0.2, 0.25) is 0 Å². The van der Waals surface area contributed by atoms with E-state index in [0.29, 0.717) is 17.5 Å². The number of hydrogen-bond acceptors (Lipinski definition) is 5. The largest absolute Gasteiger partial charge is 0.495 e. The second-order valence-corrected chi connectivity index (χ2v) is 5.64. The first-order valence-corrected chi connectivity index (χ1v) is 6.95. The predicted octanol–water partition coefficient (Wildman–Crippen LogP) is 2.10. The standard InChI is InChI=1S/C15H28N4O/c1-11(2)17-13-9-12(16)15(20-6)10-14(13)19(5)8-7-18(3)4/h9-11,17H,7-8,16H2,1-6H3. The van der Waals surface area contributed by atoms with Crippen molar-refractivity contribution in [3.8, 4) is 5.75 Å². The maximum absolute atomic E-state index is 6.01. The quantitative estimate of drug-likeness (QED) is 0.749. The lowest BCUT2D eigenvalue weighted by Crippen LogP contribution is -2.29. The van der Waals surface area contributed by atoms with Crippen molar-refractivity contribution in [1.82, 2.24) is 4.90 Å². The summed E-state index contributed by atoms with van der Waals surface area (Å²) in [5.41, 5.74) is 8.80. The highest BCUT2D eigenvalue weighted by Crippen LogP contribution is 2.35. The lowest BCUT2D eigenvalue weighted by atomic mass is 10.2. The number of ether oxygens (including phenoxy) is 1. The Kier molecular flexibility index (Phi) is 5.95. The molecule has 0 unspecified atom stereocenters. The van der Waals surface area contributed by atoms with Crippen molar-refractivity contribution in [2.45, 2.75) is 19.9 Å². The third-order valence-corrected chi connectivity index (χ3v) is 3.09. The van der Waals surface area contributed by atoms with Gasteiger partial charge in [-0.3, -0.25) is 0 Å². The van der Waals surface area contributed by atoms with E-state index >= 15 is 0 Å². The Labute approximate surface area is 122 Å². The van der Waals surface area contributed by atoms with E-state index in [1.165, 1.54) is 0 Å². The second-order valence-electron chi connectivity index (χ2n) is 5.64. The van der Waals surface area contributed by atoms with E-state index in [1.54, 1.807) is 7.11 Å². The van der Waals surface area contributed by atoms with E-state index in [4.69, 9.17) is 10.5 Å². The van der Waals surface area contributed by atoms with Crippen LogP contribution in [0.5, 0.6) is 5.75 Å². The van der Waals surface area contributed by atoms with Gasteiger partial charge in [-0.1, -0.05) is 0 Å². The molecule has 1 aromatic carbocycles. The molecule has 5 nitrogen and oxygen atoms in total. The Bertz CT molecular complexity index is 432. The van der Waals surface area contributed by atoms with Crippen molar-refractivity contribution in [3.63, 3.8) is 0 Å². The normalized spacial score (nSPS) is 11.0. The number of methoxy groups -OCH3 is 1. The average Bonchev–Trinajstić information content (AvgIpc) is 2.35. The zero-order chi connectivity index (χ0) is 15.3. The fourth-order valence-electron chi connectivity index (χ4n) is 1.98. The molecule has 0 spiro atoms. The zero-order valence-corrected chi connectivity index (χ0v) is 13.5. The highest BCUT2D eigenvalue weighted by Gasteiger charge is 2.13. The van der Waals surface area contributed by atoms with Crippen LogP contribution in [0.15, 0.2) is 12.1 Å². The van der Waals surface area contributed by atoms with Gasteiger partial charge in [0.25, 0.3) is 0 Å². The lowest BCUT2D eigenvalue weighted by molar-refractivity contribution is 0.413. The van der Waals surface area contributed by atoms with Gasteiger partial charge in [-0.05, 0) is 34.0 Å². The molecule has 0 aliphatic rings. The molecule has 114 valence electrons. The number of nitrogens with zero attached hydrogens (tertiary/aromatic N) is 2. The summed E-state index contributed by atoms with van der Waals surface area (Å²) in [5.74, 6) is 0.714. The highest BCUT2D eigenvalue weighted by molar-refractivity contribution is 5.78. The molecule has 5 heteroatoms. The van der Waals surface area contributed by atoms with Crippen LogP contribution in [0.1, 0.15) is 13.8 Å². The topological polar surface area (TPSA) is 53.8 Å². The van der Waals surface area contributed by atoms with E-state index < -0.39 is 0 Å². The maximum Gasteiger partial charge on any atom is 0.143 e. The summed E-state index contributed by atoms with van der Waals surface area (Å²) in [6.45, 7) is 6.16. The average molecular weight is 280 g/mol. The summed E-state index contributed by atoms with van der Waals surface area (Å²) in [7, 11) is 7.88. The van der Waals surface area contributed by atoms with Crippen LogP contribution in [-0.2, 0) is 0 Å². The first-order chi connectivity index (χ1) is 9.35. The van der Waals surface area contributed by atoms with Crippen LogP contribution in [0.2, 0.25) is 0 Å². The Balaban J connectivity index is 3.05. The van der Waals surface area contributed by atoms with Crippen molar-refractivity contribution in [2.75, 3.05) is 57.3 Å². The van der Waals surface area contributed by atoms with Crippen molar-refractivity contribution >= 4 is 17.1 Å². The van der Waals surface area contributed by atoms with Crippen LogP contribution in [0.4, 0.5) is 17.1 Å². The molecule has 0 aromatic heterocycles. The number of benzene rings is 1. The number of nitrogen functional groups attached to an aromatic ring is 1. The van der Waals surface area contributed by atoms with Crippen molar-refractivity contribution in [1.29, 1.82) is 0 Å². The third-order valence-electron chi connectivity index (χ3n) is 3.09. The van der Waals surface area contributed by atoms with E-state index in [0.717, 1.165) is 24.5 Å². The lowest BCUT2D eigenvalue weighted by Gasteiger charge is -2.26. The first kappa shape index (κ1) is 16.4. The molecule has 0 heterocycles. The van der Waals surface area contributed by atoms with E-state index in [-0.39, 0.29) is 0 Å². The molecule has 0 aliphatic carbocycles. The molecular weight excluding hydrogens is 252 g/mol. The Morgan fingerprint density at radius 2 is 1.85 bits per heavy atom. The molecule has 1 rings (SSSR count). The van der Waals surface area contributed by atoms with Crippen molar-refractivity contribution < 1.29 is 4.74 Å². The first-order valence-electron chi connectivity index (χ1n) is 6.95. The monoisotopic (exact) mass is 280 g/mol. The fourth-order valence-corrected chi connectivity index (χ4v) is 1.98. The van der Waals surface area contributed by atoms with Gasteiger partial charge in [0.1, 0.15) is 5.75 Å². The molecular formula is C15H28N4O. The molecule has 20 heavy (non-hydrogen) atoms. The SMILES string of the molecule is COc1cc(N(C)CCN(C)C)c(NC(C)C)cc1N. The molecule has 0 amide bonds. The van der Waals surface area contributed by atoms with Crippen LogP contribution in [-0.4, -0.2) is 52.3 Å². The minimum Gasteiger partial charge on any atom is -0.495 e. The number of likely N-dealkylation sites (N-methyl/N-ethyl adjacent to an activating group) is 2. The molecule has 0 fully saturated rings. The van der Waals surface area contributed by atoms with Crippen LogP contribution >= 0.6 is 0 Å². The third kappa shape index (κ3) is 4.49. The minimum absolute atomic E-state index is 0.351. The van der Waals surface area contributed by atoms with Crippen LogP contribution in [0.25, 0.3) is 0 Å². The molecule has 0 bridgehead atoms. The van der Waals surface area contributed by atoms with Gasteiger partial charge in [-0.2, -0.15) is 0 Å². The van der Waals surface area contributed by atoms with Gasteiger partial charge in [0, 0.05) is 32.2 Å². The summed E-state index contributed by atoms with van der Waals surface area (Å²) in [6.07, 6.45) is 0. The van der Waals surface area contributed by atoms with Gasteiger partial charge in [-0.15, -0.1) is 0 Å². The summed E-state index contributed by atoms with van der Waals surface area (Å²) in [5, 5.41) is 3.44. The summed E-state index contributed by atoms with van der Waals surface area (Å²) in [4.78, 5) is 4.38. The molecule has 3 N–H and O–H groups in total. The van der Waals surface area contributed by atoms with Crippen molar-refractivity contribution in [2.24, 2.45) is 0 Å². The number of nitrogens with two attached hydrogens (primary N) is 1. The number of rotatable bonds is 7. The number of anilines is 3. The summed E-state index contributed by atoms with van der Waals surface area (Å²) < 4.78 is 5.33. The summed E-state index contributed by atoms with van der Waals surface area (Å²) >= 11 is 0. The van der Waals surface area contributed by atoms with Crippen LogP contribution in [0, 0.1) is 0 Å². The zero-order valence-electron chi connectivity index (χ0n) is 13.5. The molecule has 0 saturated heterocycles. The Morgan fingerprint density at radius 1 is 1.20 bits per heavy atom. The molecule has 0 radical (unpaired) electrons. The van der Waals surface area contributed by atoms with Crippen LogP contribution < -0.4 is 20.7 Å². The maximum atomic E-state index is 6.01. The van der Waals surface area contributed by atoms with Gasteiger partial charge in [0.15, 0.2) is 0 Å². The second kappa shape index (κ2) is 7.24. The van der Waals surface area contributed by atoms with Gasteiger partial charge >= 0.3 is 0 Å². The van der Waals surface area contributed by atoms with E-state index in [2.05, 4.69) is 50.1 Å². The molecule has 0 aliphatic heterocycles. The molecule has 0 saturated carbocycles. The minimum atomic E-state index is 0.351. The van der Waals surface area contributed by atoms with E-state index in [9.17, 15) is 0 Å². The smallest absolute Gasteiger partial charge is 0.143 e. The number of hydrogen-bond donors (Lipinski definition) is 2. The fraction of sp³-hybridized carbons (Fsp3) is 0.600. The predicted molar refractivity (Wildman–Crippen MR) is 88.0 cm³/mol. The summed E-state index contributed by atoms with van der Waals surface area (Å²) in [6, 6.07) is 4.29. The highest BCUT2D eigenvalue weighted by atomic mass is 16.5. The van der Waals surface area contributed by atoms with E-state index in [1.807, 2.05) is 12.1 Å². The van der Waals surface area contributed by atoms with Gasteiger partial charge in [0.05, 0.1) is 24.2 Å². The Hall–Kier alpha value is -1.62. The molecule has 0 atom stereocenters. The van der Waals surface area contributed by atoms with Gasteiger partial charge < -0.3 is 25.6 Å². The van der Waals surface area contributed by atoms with Crippen molar-refractivity contribution in [3.05, 3.63) is 12.1 Å². The van der Waals surface area contributed by atoms with Crippen LogP contribution in [0.3, 0.4) is 0 Å². The van der Waals surface area contributed by atoms with Gasteiger partial charge in [-0.25, -0.2) is 0 Å². The molecule has 1 aromatic rings. The Morgan fingerprint density at radius 3 is 2.35 bits per heavy atom. The number of nitrogens with one attached hydrogen (secondary N) is 1.